The number of ether oxygens (including phenoxy) is 1. The van der Waals surface area contributed by atoms with Gasteiger partial charge in [0.15, 0.2) is 0 Å². The van der Waals surface area contributed by atoms with Gasteiger partial charge in [-0.25, -0.2) is 0 Å². The van der Waals surface area contributed by atoms with Gasteiger partial charge >= 0.3 is 0 Å². The summed E-state index contributed by atoms with van der Waals surface area (Å²) in [5.74, 6) is 0.761. The molecular weight excluding hydrogens is 338 g/mol. The summed E-state index contributed by atoms with van der Waals surface area (Å²) in [7, 11) is 0. The number of rotatable bonds is 8. The fraction of sp³-hybridized carbons (Fsp3) is 0.333. The first-order valence-electron chi connectivity index (χ1n) is 6.52. The Bertz CT molecular complexity index is 504. The molecule has 0 aliphatic heterocycles. The lowest BCUT2D eigenvalue weighted by molar-refractivity contribution is 0.106. The molecule has 1 atom stereocenters. The van der Waals surface area contributed by atoms with E-state index in [2.05, 4.69) is 38.1 Å². The Morgan fingerprint density at radius 3 is 3.00 bits per heavy atom. The highest BCUT2D eigenvalue weighted by molar-refractivity contribution is 9.10. The lowest BCUT2D eigenvalue weighted by Crippen LogP contribution is -2.32. The van der Waals surface area contributed by atoms with Crippen LogP contribution < -0.4 is 10.1 Å². The van der Waals surface area contributed by atoms with E-state index in [-0.39, 0.29) is 0 Å². The van der Waals surface area contributed by atoms with Crippen LogP contribution in [-0.4, -0.2) is 30.9 Å². The van der Waals surface area contributed by atoms with Crippen LogP contribution in [0.4, 0.5) is 0 Å². The number of nitrogens with one attached hydrogen (secondary N) is 1. The summed E-state index contributed by atoms with van der Waals surface area (Å²) in [6.45, 7) is 1.70. The highest BCUT2D eigenvalue weighted by Crippen LogP contribution is 2.17. The summed E-state index contributed by atoms with van der Waals surface area (Å²) in [4.78, 5) is 0. The number of thiophene rings is 1. The molecule has 2 aromatic rings. The maximum absolute atomic E-state index is 9.84. The number of hydrogen-bond donors (Lipinski definition) is 2. The number of halogens is 1. The normalized spacial score (nSPS) is 12.3. The zero-order valence-electron chi connectivity index (χ0n) is 11.1. The largest absolute Gasteiger partial charge is 0.491 e. The fourth-order valence-electron chi connectivity index (χ4n) is 1.74. The van der Waals surface area contributed by atoms with Gasteiger partial charge < -0.3 is 15.2 Å². The van der Waals surface area contributed by atoms with Gasteiger partial charge in [-0.05, 0) is 53.6 Å². The molecule has 20 heavy (non-hydrogen) atoms. The van der Waals surface area contributed by atoms with Crippen molar-refractivity contribution in [2.75, 3.05) is 19.7 Å². The number of hydrogen-bond acceptors (Lipinski definition) is 4. The van der Waals surface area contributed by atoms with Crippen LogP contribution in [0.2, 0.25) is 0 Å². The van der Waals surface area contributed by atoms with E-state index in [1.807, 2.05) is 24.3 Å². The Kier molecular flexibility index (Phi) is 6.53. The molecule has 2 N–H and O–H groups in total. The molecule has 0 bridgehead atoms. The molecule has 0 fully saturated rings. The average Bonchev–Trinajstić information content (AvgIpc) is 2.95. The van der Waals surface area contributed by atoms with Gasteiger partial charge in [0.2, 0.25) is 0 Å². The van der Waals surface area contributed by atoms with Gasteiger partial charge in [-0.2, -0.15) is 11.3 Å². The Balaban J connectivity index is 1.59. The summed E-state index contributed by atoms with van der Waals surface area (Å²) in [5, 5.41) is 17.3. The molecule has 0 saturated heterocycles. The maximum Gasteiger partial charge on any atom is 0.120 e. The van der Waals surface area contributed by atoms with E-state index in [0.717, 1.165) is 23.2 Å². The molecule has 1 unspecified atom stereocenters. The van der Waals surface area contributed by atoms with Gasteiger partial charge in [-0.1, -0.05) is 22.0 Å². The Labute approximate surface area is 131 Å². The molecule has 0 amide bonds. The molecule has 2 rings (SSSR count). The van der Waals surface area contributed by atoms with Gasteiger partial charge in [-0.15, -0.1) is 0 Å². The van der Waals surface area contributed by atoms with E-state index in [1.54, 1.807) is 11.3 Å². The maximum atomic E-state index is 9.84. The predicted octanol–water partition coefficient (Wildman–Crippen LogP) is 3.08. The summed E-state index contributed by atoms with van der Waals surface area (Å²) in [6, 6.07) is 9.73. The summed E-state index contributed by atoms with van der Waals surface area (Å²) in [5.41, 5.74) is 1.34. The highest BCUT2D eigenvalue weighted by atomic mass is 79.9. The van der Waals surface area contributed by atoms with Crippen LogP contribution in [-0.2, 0) is 6.42 Å². The van der Waals surface area contributed by atoms with Crippen LogP contribution in [0.25, 0.3) is 0 Å². The van der Waals surface area contributed by atoms with Crippen molar-refractivity contribution >= 4 is 27.3 Å². The van der Waals surface area contributed by atoms with Crippen LogP contribution in [0.1, 0.15) is 5.56 Å². The SMILES string of the molecule is OC(CNCCc1ccsc1)COc1cccc(Br)c1. The third kappa shape index (κ3) is 5.63. The Morgan fingerprint density at radius 1 is 1.35 bits per heavy atom. The topological polar surface area (TPSA) is 41.5 Å². The van der Waals surface area contributed by atoms with Crippen LogP contribution in [0.5, 0.6) is 5.75 Å². The molecule has 0 spiro atoms. The van der Waals surface area contributed by atoms with Crippen LogP contribution in [0.15, 0.2) is 45.6 Å². The lowest BCUT2D eigenvalue weighted by atomic mass is 10.2. The minimum atomic E-state index is -0.503. The van der Waals surface area contributed by atoms with E-state index >= 15 is 0 Å². The van der Waals surface area contributed by atoms with Crippen molar-refractivity contribution in [2.45, 2.75) is 12.5 Å². The number of aliphatic hydroxyl groups is 1. The smallest absolute Gasteiger partial charge is 0.120 e. The van der Waals surface area contributed by atoms with E-state index in [1.165, 1.54) is 5.56 Å². The molecule has 1 aromatic heterocycles. The molecule has 0 radical (unpaired) electrons. The van der Waals surface area contributed by atoms with E-state index in [9.17, 15) is 5.11 Å². The summed E-state index contributed by atoms with van der Waals surface area (Å²) >= 11 is 5.10. The lowest BCUT2D eigenvalue weighted by Gasteiger charge is -2.13. The molecule has 0 aliphatic carbocycles. The van der Waals surface area contributed by atoms with E-state index in [0.29, 0.717) is 13.2 Å². The Hall–Kier alpha value is -0.880. The first-order valence-corrected chi connectivity index (χ1v) is 8.26. The fourth-order valence-corrected chi connectivity index (χ4v) is 2.83. The molecule has 1 aromatic carbocycles. The van der Waals surface area contributed by atoms with Crippen molar-refractivity contribution < 1.29 is 9.84 Å². The van der Waals surface area contributed by atoms with E-state index < -0.39 is 6.10 Å². The van der Waals surface area contributed by atoms with Crippen molar-refractivity contribution in [2.24, 2.45) is 0 Å². The molecule has 5 heteroatoms. The third-order valence-corrected chi connectivity index (χ3v) is 4.01. The molecule has 108 valence electrons. The summed E-state index contributed by atoms with van der Waals surface area (Å²) in [6.07, 6.45) is 0.486. The van der Waals surface area contributed by atoms with Crippen molar-refractivity contribution in [3.8, 4) is 5.75 Å². The van der Waals surface area contributed by atoms with Crippen LogP contribution in [0.3, 0.4) is 0 Å². The quantitative estimate of drug-likeness (QED) is 0.715. The molecule has 0 saturated carbocycles. The first-order chi connectivity index (χ1) is 9.74. The first kappa shape index (κ1) is 15.5. The van der Waals surface area contributed by atoms with E-state index in [4.69, 9.17) is 4.74 Å². The Morgan fingerprint density at radius 2 is 2.25 bits per heavy atom. The summed E-state index contributed by atoms with van der Waals surface area (Å²) < 4.78 is 6.50. The average molecular weight is 356 g/mol. The van der Waals surface area contributed by atoms with Gasteiger partial charge in [0, 0.05) is 11.0 Å². The second-order valence-electron chi connectivity index (χ2n) is 4.51. The highest BCUT2D eigenvalue weighted by Gasteiger charge is 2.05. The second-order valence-corrected chi connectivity index (χ2v) is 6.20. The van der Waals surface area contributed by atoms with Crippen molar-refractivity contribution in [1.82, 2.24) is 5.32 Å². The molecule has 1 heterocycles. The second kappa shape index (κ2) is 8.42. The van der Waals surface area contributed by atoms with Crippen molar-refractivity contribution in [3.05, 3.63) is 51.1 Å². The zero-order chi connectivity index (χ0) is 14.2. The van der Waals surface area contributed by atoms with Crippen molar-refractivity contribution in [3.63, 3.8) is 0 Å². The molecular formula is C15H18BrNO2S. The van der Waals surface area contributed by atoms with Gasteiger partial charge in [-0.3, -0.25) is 0 Å². The zero-order valence-corrected chi connectivity index (χ0v) is 13.5. The minimum absolute atomic E-state index is 0.294. The van der Waals surface area contributed by atoms with Crippen LogP contribution >= 0.6 is 27.3 Å². The monoisotopic (exact) mass is 355 g/mol. The minimum Gasteiger partial charge on any atom is -0.491 e. The molecule has 3 nitrogen and oxygen atoms in total. The van der Waals surface area contributed by atoms with Crippen molar-refractivity contribution in [1.29, 1.82) is 0 Å². The predicted molar refractivity (Wildman–Crippen MR) is 86.5 cm³/mol. The number of benzene rings is 1. The third-order valence-electron chi connectivity index (χ3n) is 2.79. The van der Waals surface area contributed by atoms with Gasteiger partial charge in [0.25, 0.3) is 0 Å². The standard InChI is InChI=1S/C15H18BrNO2S/c16-13-2-1-3-15(8-13)19-10-14(18)9-17-6-4-12-5-7-20-11-12/h1-3,5,7-8,11,14,17-18H,4,6,9-10H2. The van der Waals surface area contributed by atoms with Gasteiger partial charge in [0.05, 0.1) is 0 Å². The number of aliphatic hydroxyl groups excluding tert-OH is 1. The van der Waals surface area contributed by atoms with Crippen LogP contribution in [0, 0.1) is 0 Å². The molecule has 0 aliphatic rings. The van der Waals surface area contributed by atoms with Gasteiger partial charge in [0.1, 0.15) is 18.5 Å².